The van der Waals surface area contributed by atoms with Gasteiger partial charge in [-0.15, -0.1) is 0 Å². The topological polar surface area (TPSA) is 81.9 Å². The van der Waals surface area contributed by atoms with Crippen molar-refractivity contribution >= 4 is 11.7 Å². The monoisotopic (exact) mass is 440 g/mol. The molecular weight excluding hydrogens is 417 g/mol. The fourth-order valence-electron chi connectivity index (χ4n) is 2.94. The van der Waals surface area contributed by atoms with Gasteiger partial charge in [0.2, 0.25) is 0 Å². The summed E-state index contributed by atoms with van der Waals surface area (Å²) in [5, 5.41) is 11.0. The number of likely N-dealkylation sites (N-methyl/N-ethyl adjacent to an activating group) is 1. The zero-order chi connectivity index (χ0) is 23.0. The minimum atomic E-state index is -4.90. The van der Waals surface area contributed by atoms with Crippen LogP contribution in [0.2, 0.25) is 0 Å². The van der Waals surface area contributed by atoms with Crippen molar-refractivity contribution in [2.24, 2.45) is 0 Å². The molecule has 2 rings (SSSR count). The Morgan fingerprint density at radius 3 is 2.45 bits per heavy atom. The fraction of sp³-hybridized carbons (Fsp3) is 0.381. The van der Waals surface area contributed by atoms with Gasteiger partial charge in [0.1, 0.15) is 17.4 Å². The molecule has 0 aliphatic heterocycles. The van der Waals surface area contributed by atoms with Gasteiger partial charge in [-0.2, -0.15) is 13.2 Å². The smallest absolute Gasteiger partial charge is 0.423 e. The molecule has 0 bridgehead atoms. The molecule has 0 saturated carbocycles. The quantitative estimate of drug-likeness (QED) is 0.305. The van der Waals surface area contributed by atoms with Crippen molar-refractivity contribution in [1.82, 2.24) is 4.90 Å². The molecule has 31 heavy (non-hydrogen) atoms. The van der Waals surface area contributed by atoms with Gasteiger partial charge in [-0.25, -0.2) is 0 Å². The average Bonchev–Trinajstić information content (AvgIpc) is 2.71. The number of nitro benzene ring substituents is 1. The van der Waals surface area contributed by atoms with Gasteiger partial charge in [0.15, 0.2) is 0 Å². The Bertz CT molecular complexity index is 890. The number of hydrogen-bond acceptors (Lipinski definition) is 6. The van der Waals surface area contributed by atoms with Crippen molar-refractivity contribution in [2.75, 3.05) is 26.7 Å². The lowest BCUT2D eigenvalue weighted by molar-refractivity contribution is -0.388. The molecule has 0 aliphatic rings. The molecule has 10 heteroatoms. The molecule has 2 aromatic carbocycles. The maximum Gasteiger partial charge on any atom is 0.423 e. The number of esters is 1. The van der Waals surface area contributed by atoms with Crippen LogP contribution in [-0.2, 0) is 15.7 Å². The van der Waals surface area contributed by atoms with E-state index in [1.165, 1.54) is 0 Å². The summed E-state index contributed by atoms with van der Waals surface area (Å²) in [6.07, 6.45) is -5.17. The van der Waals surface area contributed by atoms with Crippen LogP contribution >= 0.6 is 0 Å². The summed E-state index contributed by atoms with van der Waals surface area (Å²) in [5.41, 5.74) is -1.69. The molecule has 168 valence electrons. The molecule has 1 unspecified atom stereocenters. The first-order valence-corrected chi connectivity index (χ1v) is 9.53. The predicted octanol–water partition coefficient (Wildman–Crippen LogP) is 4.62. The van der Waals surface area contributed by atoms with Crippen LogP contribution in [0.25, 0.3) is 0 Å². The van der Waals surface area contributed by atoms with Crippen LogP contribution in [0.3, 0.4) is 0 Å². The molecule has 0 radical (unpaired) electrons. The fourth-order valence-corrected chi connectivity index (χ4v) is 2.94. The van der Waals surface area contributed by atoms with E-state index in [9.17, 15) is 28.1 Å². The highest BCUT2D eigenvalue weighted by atomic mass is 19.4. The first kappa shape index (κ1) is 24.1. The van der Waals surface area contributed by atoms with Gasteiger partial charge in [0.05, 0.1) is 18.1 Å². The van der Waals surface area contributed by atoms with Crippen LogP contribution in [0.15, 0.2) is 48.5 Å². The molecule has 2 aromatic rings. The van der Waals surface area contributed by atoms with E-state index in [4.69, 9.17) is 9.47 Å². The molecule has 0 heterocycles. The van der Waals surface area contributed by atoms with E-state index in [1.54, 1.807) is 49.2 Å². The van der Waals surface area contributed by atoms with Crippen LogP contribution in [0.4, 0.5) is 18.9 Å². The summed E-state index contributed by atoms with van der Waals surface area (Å²) < 4.78 is 50.5. The van der Waals surface area contributed by atoms with Crippen molar-refractivity contribution in [3.8, 4) is 5.75 Å². The van der Waals surface area contributed by atoms with E-state index < -0.39 is 28.5 Å². The van der Waals surface area contributed by atoms with Gasteiger partial charge >= 0.3 is 12.1 Å². The second-order valence-electron chi connectivity index (χ2n) is 6.78. The molecule has 7 nitrogen and oxygen atoms in total. The highest BCUT2D eigenvalue weighted by Gasteiger charge is 2.38. The number of nitrogens with zero attached hydrogens (tertiary/aromatic N) is 2. The molecule has 0 spiro atoms. The lowest BCUT2D eigenvalue weighted by Gasteiger charge is -2.23. The third kappa shape index (κ3) is 7.25. The zero-order valence-electron chi connectivity index (χ0n) is 17.1. The number of alkyl halides is 3. The number of ether oxygens (including phenoxy) is 2. The third-order valence-corrected chi connectivity index (χ3v) is 4.40. The number of rotatable bonds is 10. The van der Waals surface area contributed by atoms with Gasteiger partial charge < -0.3 is 9.47 Å². The molecular formula is C21H23F3N2O5. The first-order valence-electron chi connectivity index (χ1n) is 9.53. The summed E-state index contributed by atoms with van der Waals surface area (Å²) in [4.78, 5) is 23.2. The standard InChI is InChI=1S/C21H23F3N2O5/c1-3-30-20(27)14-25(2)12-11-19(15-7-5-4-6-8-15)31-16-9-10-18(26(28)29)17(13-16)21(22,23)24/h4-10,13,19H,3,11-12,14H2,1-2H3. The second-order valence-corrected chi connectivity index (χ2v) is 6.78. The van der Waals surface area contributed by atoms with Crippen LogP contribution in [0.1, 0.15) is 30.6 Å². The number of nitro groups is 1. The summed E-state index contributed by atoms with van der Waals surface area (Å²) in [6.45, 7) is 2.43. The predicted molar refractivity (Wildman–Crippen MR) is 107 cm³/mol. The van der Waals surface area contributed by atoms with Gasteiger partial charge in [0, 0.05) is 19.0 Å². The highest BCUT2D eigenvalue weighted by Crippen LogP contribution is 2.39. The lowest BCUT2D eigenvalue weighted by atomic mass is 10.1. The Morgan fingerprint density at radius 2 is 1.87 bits per heavy atom. The Labute approximate surface area is 177 Å². The largest absolute Gasteiger partial charge is 0.486 e. The Kier molecular flexibility index (Phi) is 8.38. The van der Waals surface area contributed by atoms with Gasteiger partial charge in [0.25, 0.3) is 5.69 Å². The van der Waals surface area contributed by atoms with E-state index in [-0.39, 0.29) is 24.9 Å². The number of halogens is 3. The van der Waals surface area contributed by atoms with Crippen LogP contribution in [0.5, 0.6) is 5.75 Å². The zero-order valence-corrected chi connectivity index (χ0v) is 17.1. The Balaban J connectivity index is 2.22. The van der Waals surface area contributed by atoms with E-state index in [0.29, 0.717) is 19.0 Å². The SMILES string of the molecule is CCOC(=O)CN(C)CCC(Oc1ccc([N+](=O)[O-])c(C(F)(F)F)c1)c1ccccc1. The number of carbonyl (C=O) groups excluding carboxylic acids is 1. The minimum Gasteiger partial charge on any atom is -0.486 e. The van der Waals surface area contributed by atoms with Crippen molar-refractivity contribution in [3.05, 3.63) is 69.8 Å². The van der Waals surface area contributed by atoms with E-state index in [2.05, 4.69) is 0 Å². The second kappa shape index (κ2) is 10.8. The van der Waals surface area contributed by atoms with Gasteiger partial charge in [-0.3, -0.25) is 19.8 Å². The number of hydrogen-bond donors (Lipinski definition) is 0. The van der Waals surface area contributed by atoms with Crippen molar-refractivity contribution in [1.29, 1.82) is 0 Å². The van der Waals surface area contributed by atoms with Crippen LogP contribution in [0, 0.1) is 10.1 Å². The van der Waals surface area contributed by atoms with Crippen molar-refractivity contribution < 1.29 is 32.4 Å². The van der Waals surface area contributed by atoms with Crippen LogP contribution in [-0.4, -0.2) is 42.5 Å². The van der Waals surface area contributed by atoms with E-state index >= 15 is 0 Å². The van der Waals surface area contributed by atoms with Crippen molar-refractivity contribution in [2.45, 2.75) is 25.6 Å². The molecule has 0 saturated heterocycles. The molecule has 1 atom stereocenters. The molecule has 0 aliphatic carbocycles. The maximum absolute atomic E-state index is 13.3. The first-order chi connectivity index (χ1) is 14.6. The number of benzene rings is 2. The molecule has 0 N–H and O–H groups in total. The molecule has 0 aromatic heterocycles. The van der Waals surface area contributed by atoms with Gasteiger partial charge in [-0.1, -0.05) is 30.3 Å². The number of carbonyl (C=O) groups is 1. The summed E-state index contributed by atoms with van der Waals surface area (Å²) in [5.74, 6) is -0.521. The summed E-state index contributed by atoms with van der Waals surface area (Å²) in [6, 6.07) is 11.4. The highest BCUT2D eigenvalue weighted by molar-refractivity contribution is 5.71. The Hall–Kier alpha value is -3.14. The minimum absolute atomic E-state index is 0.0606. The van der Waals surface area contributed by atoms with E-state index in [0.717, 1.165) is 17.7 Å². The average molecular weight is 440 g/mol. The lowest BCUT2D eigenvalue weighted by Crippen LogP contribution is -2.29. The van der Waals surface area contributed by atoms with Crippen LogP contribution < -0.4 is 4.74 Å². The maximum atomic E-state index is 13.3. The summed E-state index contributed by atoms with van der Waals surface area (Å²) in [7, 11) is 1.71. The molecule has 0 fully saturated rings. The van der Waals surface area contributed by atoms with Crippen molar-refractivity contribution in [3.63, 3.8) is 0 Å². The Morgan fingerprint density at radius 1 is 1.19 bits per heavy atom. The normalized spacial score (nSPS) is 12.5. The van der Waals surface area contributed by atoms with Gasteiger partial charge in [-0.05, 0) is 31.7 Å². The van der Waals surface area contributed by atoms with E-state index in [1.807, 2.05) is 0 Å². The third-order valence-electron chi connectivity index (χ3n) is 4.40. The molecule has 0 amide bonds. The summed E-state index contributed by atoms with van der Waals surface area (Å²) >= 11 is 0.